The topological polar surface area (TPSA) is 126 Å². The van der Waals surface area contributed by atoms with Gasteiger partial charge in [0.05, 0.1) is 17.4 Å². The highest BCUT2D eigenvalue weighted by atomic mass is 16.5. The van der Waals surface area contributed by atoms with Crippen molar-refractivity contribution in [2.24, 2.45) is 33.7 Å². The highest BCUT2D eigenvalue weighted by Crippen LogP contribution is 2.70. The number of carbonyl (C=O) groups is 2. The van der Waals surface area contributed by atoms with Gasteiger partial charge in [-0.1, -0.05) is 6.92 Å². The molecule has 0 aromatic carbocycles. The Balaban J connectivity index is 1.48. The van der Waals surface area contributed by atoms with Crippen LogP contribution in [0.2, 0.25) is 0 Å². The van der Waals surface area contributed by atoms with Crippen LogP contribution in [0.25, 0.3) is 0 Å². The number of hydrogen-bond donors (Lipinski definition) is 3. The number of nitrogens with zero attached hydrogens (tertiary/aromatic N) is 1. The number of fused-ring (bicyclic) bond motifs is 5. The van der Waals surface area contributed by atoms with Gasteiger partial charge in [0.2, 0.25) is 0 Å². The van der Waals surface area contributed by atoms with Crippen molar-refractivity contribution in [1.29, 1.82) is 0 Å². The number of hydrogen-bond acceptors (Lipinski definition) is 8. The number of esters is 2. The first kappa shape index (κ1) is 22.8. The van der Waals surface area contributed by atoms with Crippen LogP contribution in [-0.2, 0) is 19.1 Å². The Labute approximate surface area is 194 Å². The molecule has 0 aromatic rings. The summed E-state index contributed by atoms with van der Waals surface area (Å²) in [5, 5.41) is 37.2. The van der Waals surface area contributed by atoms with E-state index >= 15 is 0 Å². The predicted octanol–water partition coefficient (Wildman–Crippen LogP) is 2.73. The van der Waals surface area contributed by atoms with Gasteiger partial charge in [-0.15, -0.1) is 5.16 Å². The summed E-state index contributed by atoms with van der Waals surface area (Å²) in [5.41, 5.74) is -2.26. The van der Waals surface area contributed by atoms with E-state index in [9.17, 15) is 25.0 Å². The molecule has 4 saturated carbocycles. The Morgan fingerprint density at radius 2 is 1.91 bits per heavy atom. The molecule has 8 nitrogen and oxygen atoms in total. The summed E-state index contributed by atoms with van der Waals surface area (Å²) in [6.07, 6.45) is 8.28. The zero-order valence-corrected chi connectivity index (χ0v) is 19.5. The van der Waals surface area contributed by atoms with E-state index in [-0.39, 0.29) is 41.2 Å². The van der Waals surface area contributed by atoms with Gasteiger partial charge in [0.1, 0.15) is 12.7 Å². The van der Waals surface area contributed by atoms with Gasteiger partial charge in [0.15, 0.2) is 0 Å². The first-order valence-corrected chi connectivity index (χ1v) is 12.3. The second-order valence-electron chi connectivity index (χ2n) is 11.3. The lowest BCUT2D eigenvalue weighted by Gasteiger charge is -2.65. The number of cyclic esters (lactones) is 1. The average molecular weight is 462 g/mol. The number of carbonyl (C=O) groups excluding carboxylic acids is 2. The van der Waals surface area contributed by atoms with Crippen LogP contribution in [0.3, 0.4) is 0 Å². The van der Waals surface area contributed by atoms with E-state index in [2.05, 4.69) is 12.1 Å². The minimum absolute atomic E-state index is 0.0438. The Morgan fingerprint density at radius 1 is 1.15 bits per heavy atom. The van der Waals surface area contributed by atoms with Crippen molar-refractivity contribution in [3.8, 4) is 0 Å². The summed E-state index contributed by atoms with van der Waals surface area (Å²) in [4.78, 5) is 23.3. The fraction of sp³-hybridized carbons (Fsp3) is 0.800. The molecule has 0 unspecified atom stereocenters. The van der Waals surface area contributed by atoms with Gasteiger partial charge in [-0.05, 0) is 74.7 Å². The normalized spacial score (nSPS) is 49.1. The summed E-state index contributed by atoms with van der Waals surface area (Å²) in [6, 6.07) is 0. The van der Waals surface area contributed by atoms with E-state index in [1.54, 1.807) is 6.08 Å². The molecule has 4 aliphatic carbocycles. The molecule has 182 valence electrons. The Morgan fingerprint density at radius 3 is 2.58 bits per heavy atom. The molecule has 0 radical (unpaired) electrons. The van der Waals surface area contributed by atoms with Crippen LogP contribution in [0.4, 0.5) is 0 Å². The molecule has 8 atom stereocenters. The molecule has 0 aromatic heterocycles. The van der Waals surface area contributed by atoms with E-state index in [0.717, 1.165) is 24.8 Å². The summed E-state index contributed by atoms with van der Waals surface area (Å²) < 4.78 is 10.6. The van der Waals surface area contributed by atoms with Crippen LogP contribution < -0.4 is 0 Å². The lowest BCUT2D eigenvalue weighted by Crippen LogP contribution is -2.69. The van der Waals surface area contributed by atoms with Crippen molar-refractivity contribution in [2.45, 2.75) is 88.9 Å². The monoisotopic (exact) mass is 461 g/mol. The van der Waals surface area contributed by atoms with Gasteiger partial charge in [-0.25, -0.2) is 4.79 Å². The smallest absolute Gasteiger partial charge is 0.331 e. The summed E-state index contributed by atoms with van der Waals surface area (Å²) in [6.45, 7) is 3.84. The second kappa shape index (κ2) is 7.54. The van der Waals surface area contributed by atoms with Crippen molar-refractivity contribution >= 4 is 18.2 Å². The molecule has 0 bridgehead atoms. The number of oxime groups is 1. The molecule has 5 aliphatic rings. The minimum Gasteiger partial charge on any atom is -0.462 e. The number of ether oxygens (including phenoxy) is 2. The molecule has 8 heteroatoms. The zero-order valence-electron chi connectivity index (χ0n) is 19.5. The lowest BCUT2D eigenvalue weighted by atomic mass is 9.41. The van der Waals surface area contributed by atoms with Gasteiger partial charge in [0, 0.05) is 30.3 Å². The zero-order chi connectivity index (χ0) is 23.6. The fourth-order valence-corrected chi connectivity index (χ4v) is 8.78. The highest BCUT2D eigenvalue weighted by molar-refractivity contribution is 5.85. The first-order valence-electron chi connectivity index (χ1n) is 12.3. The van der Waals surface area contributed by atoms with Crippen molar-refractivity contribution in [3.63, 3.8) is 0 Å². The van der Waals surface area contributed by atoms with Gasteiger partial charge in [-0.3, -0.25) is 4.79 Å². The van der Waals surface area contributed by atoms with Crippen LogP contribution in [-0.4, -0.2) is 57.5 Å². The largest absolute Gasteiger partial charge is 0.462 e. The van der Waals surface area contributed by atoms with E-state index in [4.69, 9.17) is 9.47 Å². The Kier molecular flexibility index (Phi) is 5.22. The lowest BCUT2D eigenvalue weighted by molar-refractivity contribution is -0.239. The average Bonchev–Trinajstić information content (AvgIpc) is 3.28. The van der Waals surface area contributed by atoms with Crippen LogP contribution in [0.15, 0.2) is 16.8 Å². The van der Waals surface area contributed by atoms with E-state index in [1.165, 1.54) is 13.1 Å². The van der Waals surface area contributed by atoms with Crippen LogP contribution >= 0.6 is 0 Å². The third kappa shape index (κ3) is 3.05. The maximum Gasteiger partial charge on any atom is 0.331 e. The summed E-state index contributed by atoms with van der Waals surface area (Å²) >= 11 is 0. The molecular weight excluding hydrogens is 426 g/mol. The van der Waals surface area contributed by atoms with Crippen molar-refractivity contribution < 1.29 is 34.5 Å². The SMILES string of the molecule is CC(=O)O[C@@H]1CC[C@]2(/C=N\O)[C@H]3CC[C@]4(C)[C@H](C5=CC(=O)OC5)CC[C@@]4(O)[C@@H]3CC[C@]2(O)C1. The van der Waals surface area contributed by atoms with E-state index in [1.807, 2.05) is 0 Å². The molecule has 1 aliphatic heterocycles. The minimum atomic E-state index is -1.16. The molecule has 5 rings (SSSR count). The maximum atomic E-state index is 12.3. The van der Waals surface area contributed by atoms with Crippen LogP contribution in [0.5, 0.6) is 0 Å². The standard InChI is InChI=1S/C25H35NO7/c1-15(27)33-17-3-8-23(14-26-31)19-4-7-22(2)18(16-11-21(28)32-13-16)6-10-25(22,30)20(19)5-9-24(23,29)12-17/h11,14,17-20,29-31H,3-10,12-13H2,1-2H3/b26-14-/t17-,18+,19+,20-,22-,23+,24+,25-/m1/s1. The quantitative estimate of drug-likeness (QED) is 0.255. The Hall–Kier alpha value is -1.93. The maximum absolute atomic E-state index is 12.3. The van der Waals surface area contributed by atoms with E-state index < -0.39 is 16.6 Å². The summed E-state index contributed by atoms with van der Waals surface area (Å²) in [5.74, 6) is -0.661. The fourth-order valence-electron chi connectivity index (χ4n) is 8.78. The third-order valence-corrected chi connectivity index (χ3v) is 10.2. The molecule has 4 fully saturated rings. The predicted molar refractivity (Wildman–Crippen MR) is 117 cm³/mol. The van der Waals surface area contributed by atoms with E-state index in [0.29, 0.717) is 45.1 Å². The van der Waals surface area contributed by atoms with Crippen LogP contribution in [0, 0.1) is 28.6 Å². The molecule has 3 N–H and O–H groups in total. The summed E-state index contributed by atoms with van der Waals surface area (Å²) in [7, 11) is 0. The third-order valence-electron chi connectivity index (χ3n) is 10.2. The van der Waals surface area contributed by atoms with Crippen molar-refractivity contribution in [3.05, 3.63) is 11.6 Å². The Bertz CT molecular complexity index is 916. The second-order valence-corrected chi connectivity index (χ2v) is 11.3. The molecule has 33 heavy (non-hydrogen) atoms. The van der Waals surface area contributed by atoms with Crippen molar-refractivity contribution in [2.75, 3.05) is 6.61 Å². The van der Waals surface area contributed by atoms with Crippen molar-refractivity contribution in [1.82, 2.24) is 0 Å². The van der Waals surface area contributed by atoms with Crippen LogP contribution in [0.1, 0.15) is 71.6 Å². The first-order chi connectivity index (χ1) is 15.6. The van der Waals surface area contributed by atoms with Gasteiger partial charge in [0.25, 0.3) is 0 Å². The highest BCUT2D eigenvalue weighted by Gasteiger charge is 2.71. The number of aliphatic hydroxyl groups is 2. The number of rotatable bonds is 3. The molecule has 0 amide bonds. The molecular formula is C25H35NO7. The molecule has 0 spiro atoms. The molecule has 0 saturated heterocycles. The van der Waals surface area contributed by atoms with Gasteiger partial charge < -0.3 is 24.9 Å². The van der Waals surface area contributed by atoms with Gasteiger partial charge >= 0.3 is 11.9 Å². The molecule has 1 heterocycles. The van der Waals surface area contributed by atoms with Gasteiger partial charge in [-0.2, -0.15) is 0 Å².